The van der Waals surface area contributed by atoms with Gasteiger partial charge in [0.1, 0.15) is 0 Å². The van der Waals surface area contributed by atoms with Crippen molar-refractivity contribution in [2.24, 2.45) is 5.10 Å². The highest BCUT2D eigenvalue weighted by atomic mass is 16.5. The summed E-state index contributed by atoms with van der Waals surface area (Å²) in [4.78, 5) is 23.8. The molecular formula is C22H22N4O3. The molecule has 0 aliphatic rings. The highest BCUT2D eigenvalue weighted by Gasteiger charge is 2.12. The smallest absolute Gasteiger partial charge is 0.337 e. The number of anilines is 1. The van der Waals surface area contributed by atoms with Crippen molar-refractivity contribution in [2.45, 2.75) is 13.8 Å². The summed E-state index contributed by atoms with van der Waals surface area (Å²) in [5, 5.41) is 4.06. The van der Waals surface area contributed by atoms with Crippen molar-refractivity contribution in [3.63, 3.8) is 0 Å². The number of nitrogens with one attached hydrogen (secondary N) is 1. The monoisotopic (exact) mass is 390 g/mol. The second-order valence-corrected chi connectivity index (χ2v) is 6.49. The van der Waals surface area contributed by atoms with Gasteiger partial charge in [-0.2, -0.15) is 5.10 Å². The quantitative estimate of drug-likeness (QED) is 0.302. The van der Waals surface area contributed by atoms with E-state index in [9.17, 15) is 9.59 Å². The summed E-state index contributed by atoms with van der Waals surface area (Å²) in [5.41, 5.74) is 13.3. The van der Waals surface area contributed by atoms with Gasteiger partial charge in [0.05, 0.1) is 24.5 Å². The predicted octanol–water partition coefficient (Wildman–Crippen LogP) is 3.23. The summed E-state index contributed by atoms with van der Waals surface area (Å²) in [6, 6.07) is 15.9. The maximum absolute atomic E-state index is 12.2. The van der Waals surface area contributed by atoms with E-state index in [1.165, 1.54) is 7.11 Å². The van der Waals surface area contributed by atoms with E-state index in [2.05, 4.69) is 10.5 Å². The zero-order valence-electron chi connectivity index (χ0n) is 16.5. The fourth-order valence-electron chi connectivity index (χ4n) is 3.10. The van der Waals surface area contributed by atoms with Crippen molar-refractivity contribution in [2.75, 3.05) is 12.8 Å². The molecule has 29 heavy (non-hydrogen) atoms. The second-order valence-electron chi connectivity index (χ2n) is 6.49. The number of ether oxygens (including phenoxy) is 1. The first kappa shape index (κ1) is 19.9. The molecule has 3 rings (SSSR count). The van der Waals surface area contributed by atoms with Gasteiger partial charge in [0.2, 0.25) is 0 Å². The van der Waals surface area contributed by atoms with Crippen LogP contribution >= 0.6 is 0 Å². The van der Waals surface area contributed by atoms with Crippen molar-refractivity contribution in [3.8, 4) is 5.69 Å². The van der Waals surface area contributed by atoms with Crippen LogP contribution in [0.4, 0.5) is 5.69 Å². The topological polar surface area (TPSA) is 98.7 Å². The molecule has 0 aliphatic carbocycles. The Morgan fingerprint density at radius 1 is 1.10 bits per heavy atom. The molecule has 7 nitrogen and oxygen atoms in total. The van der Waals surface area contributed by atoms with Crippen LogP contribution in [0.5, 0.6) is 0 Å². The first-order chi connectivity index (χ1) is 13.9. The number of esters is 1. The highest BCUT2D eigenvalue weighted by molar-refractivity contribution is 5.99. The molecule has 7 heteroatoms. The van der Waals surface area contributed by atoms with Gasteiger partial charge in [-0.3, -0.25) is 4.79 Å². The third kappa shape index (κ3) is 4.19. The van der Waals surface area contributed by atoms with Gasteiger partial charge in [-0.05, 0) is 56.3 Å². The lowest BCUT2D eigenvalue weighted by Crippen LogP contribution is -2.19. The van der Waals surface area contributed by atoms with Gasteiger partial charge in [-0.25, -0.2) is 10.2 Å². The largest absolute Gasteiger partial charge is 0.465 e. The normalized spacial score (nSPS) is 10.9. The predicted molar refractivity (Wildman–Crippen MR) is 112 cm³/mol. The number of hydrogen-bond acceptors (Lipinski definition) is 5. The third-order valence-electron chi connectivity index (χ3n) is 4.59. The minimum atomic E-state index is -0.375. The van der Waals surface area contributed by atoms with Crippen LogP contribution in [0.3, 0.4) is 0 Å². The number of rotatable bonds is 5. The lowest BCUT2D eigenvalue weighted by Gasteiger charge is -2.10. The average Bonchev–Trinajstić information content (AvgIpc) is 3.01. The molecule has 0 radical (unpaired) electrons. The molecule has 0 saturated heterocycles. The van der Waals surface area contributed by atoms with Crippen molar-refractivity contribution in [3.05, 3.63) is 82.7 Å². The number of methoxy groups -OCH3 is 1. The summed E-state index contributed by atoms with van der Waals surface area (Å²) in [5.74, 6) is -0.744. The summed E-state index contributed by atoms with van der Waals surface area (Å²) >= 11 is 0. The summed E-state index contributed by atoms with van der Waals surface area (Å²) < 4.78 is 6.77. The molecular weight excluding hydrogens is 368 g/mol. The van der Waals surface area contributed by atoms with Gasteiger partial charge >= 0.3 is 5.97 Å². The van der Waals surface area contributed by atoms with E-state index >= 15 is 0 Å². The molecule has 0 spiro atoms. The van der Waals surface area contributed by atoms with Crippen LogP contribution in [0.1, 0.15) is 37.7 Å². The van der Waals surface area contributed by atoms with E-state index in [4.69, 9.17) is 10.5 Å². The van der Waals surface area contributed by atoms with E-state index in [1.807, 2.05) is 36.6 Å². The van der Waals surface area contributed by atoms with E-state index < -0.39 is 0 Å². The first-order valence-electron chi connectivity index (χ1n) is 8.98. The Morgan fingerprint density at radius 2 is 1.79 bits per heavy atom. The van der Waals surface area contributed by atoms with Gasteiger partial charge < -0.3 is 15.0 Å². The van der Waals surface area contributed by atoms with Crippen LogP contribution in [-0.4, -0.2) is 29.8 Å². The Hall–Kier alpha value is -3.87. The van der Waals surface area contributed by atoms with Gasteiger partial charge in [-0.15, -0.1) is 0 Å². The molecule has 3 N–H and O–H groups in total. The number of benzene rings is 2. The second kappa shape index (κ2) is 8.43. The minimum Gasteiger partial charge on any atom is -0.465 e. The van der Waals surface area contributed by atoms with Gasteiger partial charge in [0.25, 0.3) is 5.91 Å². The van der Waals surface area contributed by atoms with Crippen molar-refractivity contribution >= 4 is 23.8 Å². The zero-order chi connectivity index (χ0) is 21.0. The lowest BCUT2D eigenvalue weighted by molar-refractivity contribution is 0.0600. The Morgan fingerprint density at radius 3 is 2.45 bits per heavy atom. The van der Waals surface area contributed by atoms with Crippen molar-refractivity contribution in [1.82, 2.24) is 9.99 Å². The fourth-order valence-corrected chi connectivity index (χ4v) is 3.10. The molecule has 1 heterocycles. The van der Waals surface area contributed by atoms with Crippen LogP contribution in [0.25, 0.3) is 5.69 Å². The number of amides is 1. The van der Waals surface area contributed by atoms with Crippen LogP contribution in [0, 0.1) is 13.8 Å². The maximum atomic E-state index is 12.2. The number of para-hydroxylation sites is 1. The van der Waals surface area contributed by atoms with Crippen molar-refractivity contribution < 1.29 is 14.3 Å². The van der Waals surface area contributed by atoms with Gasteiger partial charge in [0, 0.05) is 28.3 Å². The molecule has 0 fully saturated rings. The molecule has 0 saturated carbocycles. The maximum Gasteiger partial charge on any atom is 0.337 e. The number of nitrogens with two attached hydrogens (primary N) is 1. The molecule has 1 aromatic heterocycles. The Bertz CT molecular complexity index is 1080. The Labute approximate surface area is 168 Å². The molecule has 1 amide bonds. The molecule has 2 aromatic carbocycles. The van der Waals surface area contributed by atoms with Crippen LogP contribution in [-0.2, 0) is 4.74 Å². The molecule has 148 valence electrons. The molecule has 0 atom stereocenters. The highest BCUT2D eigenvalue weighted by Crippen LogP contribution is 2.20. The van der Waals surface area contributed by atoms with Gasteiger partial charge in [-0.1, -0.05) is 12.1 Å². The molecule has 0 aliphatic heterocycles. The van der Waals surface area contributed by atoms with E-state index in [1.54, 1.807) is 42.6 Å². The summed E-state index contributed by atoms with van der Waals surface area (Å²) in [6.07, 6.45) is 1.60. The van der Waals surface area contributed by atoms with E-state index in [0.717, 1.165) is 22.6 Å². The van der Waals surface area contributed by atoms with Crippen LogP contribution in [0.2, 0.25) is 0 Å². The Kier molecular flexibility index (Phi) is 5.78. The lowest BCUT2D eigenvalue weighted by atomic mass is 10.2. The number of nitrogen functional groups attached to an aromatic ring is 1. The summed E-state index contributed by atoms with van der Waals surface area (Å²) in [7, 11) is 1.35. The average molecular weight is 390 g/mol. The number of carbonyl (C=O) groups excluding carboxylic acids is 2. The third-order valence-corrected chi connectivity index (χ3v) is 4.59. The van der Waals surface area contributed by atoms with Gasteiger partial charge in [0.15, 0.2) is 0 Å². The number of aryl methyl sites for hydroxylation is 1. The summed E-state index contributed by atoms with van der Waals surface area (Å²) in [6.45, 7) is 3.93. The SMILES string of the molecule is COC(=O)c1ccc(-n2c(C)cc(/C=N\NC(=O)c3ccccc3N)c2C)cc1. The molecule has 3 aromatic rings. The zero-order valence-corrected chi connectivity index (χ0v) is 16.5. The molecule has 0 unspecified atom stereocenters. The van der Waals surface area contributed by atoms with Crippen LogP contribution < -0.4 is 11.2 Å². The number of carbonyl (C=O) groups is 2. The van der Waals surface area contributed by atoms with E-state index in [-0.39, 0.29) is 11.9 Å². The van der Waals surface area contributed by atoms with Crippen molar-refractivity contribution in [1.29, 1.82) is 0 Å². The molecule has 0 bridgehead atoms. The minimum absolute atomic E-state index is 0.369. The van der Waals surface area contributed by atoms with E-state index in [0.29, 0.717) is 16.8 Å². The number of aromatic nitrogens is 1. The van der Waals surface area contributed by atoms with Crippen LogP contribution in [0.15, 0.2) is 59.7 Å². The number of hydrogen-bond donors (Lipinski definition) is 2. The number of nitrogens with zero attached hydrogens (tertiary/aromatic N) is 2. The first-order valence-corrected chi connectivity index (χ1v) is 8.98. The standard InChI is InChI=1S/C22H22N4O3/c1-14-12-17(13-24-25-21(27)19-6-4-5-7-20(19)23)15(2)26(14)18-10-8-16(9-11-18)22(28)29-3/h4-13H,23H2,1-3H3,(H,25,27)/b24-13-. The Balaban J connectivity index is 1.79. The fraction of sp³-hybridized carbons (Fsp3) is 0.136. The number of hydrazone groups is 1.